The quantitative estimate of drug-likeness (QED) is 0.608. The van der Waals surface area contributed by atoms with Crippen LogP contribution >= 0.6 is 15.9 Å². The van der Waals surface area contributed by atoms with Crippen molar-refractivity contribution in [2.45, 2.75) is 13.0 Å². The van der Waals surface area contributed by atoms with E-state index in [4.69, 9.17) is 4.52 Å². The highest BCUT2D eigenvalue weighted by Gasteiger charge is 2.23. The van der Waals surface area contributed by atoms with Crippen LogP contribution in [0, 0.1) is 0 Å². The molecule has 0 bridgehead atoms. The molecule has 0 saturated carbocycles. The molecule has 6 nitrogen and oxygen atoms in total. The molecule has 1 aliphatic rings. The maximum Gasteiger partial charge on any atom is 0.253 e. The predicted molar refractivity (Wildman–Crippen MR) is 109 cm³/mol. The average molecular weight is 441 g/mol. The van der Waals surface area contributed by atoms with Gasteiger partial charge in [-0.2, -0.15) is 4.98 Å². The third-order valence-electron chi connectivity index (χ3n) is 4.81. The SMILES string of the molecule is O=C(c1cccc(Br)c1)N1CCN(Cc2nc(Cc3ccccc3)no2)CC1. The number of carbonyl (C=O) groups is 1. The fourth-order valence-corrected chi connectivity index (χ4v) is 3.71. The van der Waals surface area contributed by atoms with Crippen LogP contribution in [-0.4, -0.2) is 52.0 Å². The van der Waals surface area contributed by atoms with E-state index in [-0.39, 0.29) is 5.91 Å². The lowest BCUT2D eigenvalue weighted by molar-refractivity contribution is 0.0615. The second-order valence-electron chi connectivity index (χ2n) is 6.85. The van der Waals surface area contributed by atoms with Crippen LogP contribution in [0.2, 0.25) is 0 Å². The molecule has 0 unspecified atom stereocenters. The molecule has 2 heterocycles. The standard InChI is InChI=1S/C21H21BrN4O2/c22-18-8-4-7-17(14-18)21(27)26-11-9-25(10-12-26)15-20-23-19(24-28-20)13-16-5-2-1-3-6-16/h1-8,14H,9-13,15H2. The summed E-state index contributed by atoms with van der Waals surface area (Å²) in [6, 6.07) is 17.6. The molecular formula is C21H21BrN4O2. The summed E-state index contributed by atoms with van der Waals surface area (Å²) in [7, 11) is 0. The number of aromatic nitrogens is 2. The van der Waals surface area contributed by atoms with Crippen molar-refractivity contribution in [1.82, 2.24) is 19.9 Å². The number of carbonyl (C=O) groups excluding carboxylic acids is 1. The summed E-state index contributed by atoms with van der Waals surface area (Å²) in [6.07, 6.45) is 0.666. The van der Waals surface area contributed by atoms with Gasteiger partial charge in [0.05, 0.1) is 6.54 Å². The van der Waals surface area contributed by atoms with Gasteiger partial charge in [-0.3, -0.25) is 9.69 Å². The third-order valence-corrected chi connectivity index (χ3v) is 5.30. The van der Waals surface area contributed by atoms with Gasteiger partial charge in [-0.05, 0) is 23.8 Å². The molecule has 2 aromatic carbocycles. The van der Waals surface area contributed by atoms with Crippen molar-refractivity contribution in [2.24, 2.45) is 0 Å². The summed E-state index contributed by atoms with van der Waals surface area (Å²) in [6.45, 7) is 3.57. The molecule has 4 rings (SSSR count). The molecule has 144 valence electrons. The Bertz CT molecular complexity index is 936. The maximum absolute atomic E-state index is 12.6. The van der Waals surface area contributed by atoms with E-state index < -0.39 is 0 Å². The third kappa shape index (κ3) is 4.66. The van der Waals surface area contributed by atoms with E-state index in [0.29, 0.717) is 43.3 Å². The topological polar surface area (TPSA) is 62.5 Å². The van der Waals surface area contributed by atoms with Crippen LogP contribution in [0.3, 0.4) is 0 Å². The number of hydrogen-bond acceptors (Lipinski definition) is 5. The van der Waals surface area contributed by atoms with Crippen LogP contribution in [0.4, 0.5) is 0 Å². The predicted octanol–water partition coefficient (Wildman–Crippen LogP) is 3.38. The Labute approximate surface area is 172 Å². The van der Waals surface area contributed by atoms with Crippen LogP contribution in [0.1, 0.15) is 27.6 Å². The molecule has 1 aliphatic heterocycles. The van der Waals surface area contributed by atoms with Gasteiger partial charge in [-0.25, -0.2) is 0 Å². The molecule has 0 spiro atoms. The lowest BCUT2D eigenvalue weighted by atomic mass is 10.1. The monoisotopic (exact) mass is 440 g/mol. The smallest absolute Gasteiger partial charge is 0.253 e. The van der Waals surface area contributed by atoms with Crippen molar-refractivity contribution in [2.75, 3.05) is 26.2 Å². The number of halogens is 1. The van der Waals surface area contributed by atoms with Crippen LogP contribution in [0.25, 0.3) is 0 Å². The van der Waals surface area contributed by atoms with Gasteiger partial charge in [0.15, 0.2) is 5.82 Å². The Morgan fingerprint density at radius 1 is 1.04 bits per heavy atom. The van der Waals surface area contributed by atoms with Crippen LogP contribution in [0.5, 0.6) is 0 Å². The van der Waals surface area contributed by atoms with Crippen molar-refractivity contribution in [3.8, 4) is 0 Å². The van der Waals surface area contributed by atoms with E-state index in [2.05, 4.69) is 43.1 Å². The zero-order valence-electron chi connectivity index (χ0n) is 15.4. The summed E-state index contributed by atoms with van der Waals surface area (Å²) in [5.74, 6) is 1.39. The molecule has 7 heteroatoms. The first-order chi connectivity index (χ1) is 13.7. The van der Waals surface area contributed by atoms with Gasteiger partial charge in [0.25, 0.3) is 5.91 Å². The normalized spacial score (nSPS) is 15.0. The second-order valence-corrected chi connectivity index (χ2v) is 7.76. The molecule has 0 radical (unpaired) electrons. The summed E-state index contributed by atoms with van der Waals surface area (Å²) < 4.78 is 6.32. The van der Waals surface area contributed by atoms with Crippen molar-refractivity contribution in [3.63, 3.8) is 0 Å². The zero-order valence-corrected chi connectivity index (χ0v) is 17.0. The number of nitrogens with zero attached hydrogens (tertiary/aromatic N) is 4. The van der Waals surface area contributed by atoms with Crippen molar-refractivity contribution in [3.05, 3.63) is 81.9 Å². The van der Waals surface area contributed by atoms with Gasteiger partial charge in [0.1, 0.15) is 0 Å². The first-order valence-corrected chi connectivity index (χ1v) is 10.1. The van der Waals surface area contributed by atoms with Gasteiger partial charge in [0, 0.05) is 42.6 Å². The summed E-state index contributed by atoms with van der Waals surface area (Å²) >= 11 is 3.42. The first kappa shape index (κ1) is 18.8. The van der Waals surface area contributed by atoms with Crippen molar-refractivity contribution < 1.29 is 9.32 Å². The molecule has 1 saturated heterocycles. The molecule has 0 atom stereocenters. The Kier molecular flexibility index (Phi) is 5.83. The number of hydrogen-bond donors (Lipinski definition) is 0. The molecule has 0 N–H and O–H groups in total. The molecular weight excluding hydrogens is 420 g/mol. The van der Waals surface area contributed by atoms with Crippen LogP contribution in [0.15, 0.2) is 63.6 Å². The lowest BCUT2D eigenvalue weighted by Gasteiger charge is -2.34. The highest BCUT2D eigenvalue weighted by atomic mass is 79.9. The summed E-state index contributed by atoms with van der Waals surface area (Å²) in [4.78, 5) is 21.3. The second kappa shape index (κ2) is 8.67. The van der Waals surface area contributed by atoms with Crippen LogP contribution in [-0.2, 0) is 13.0 Å². The Morgan fingerprint density at radius 2 is 1.82 bits per heavy atom. The minimum absolute atomic E-state index is 0.0730. The fourth-order valence-electron chi connectivity index (χ4n) is 3.31. The van der Waals surface area contributed by atoms with E-state index >= 15 is 0 Å². The summed E-state index contributed by atoms with van der Waals surface area (Å²) in [5, 5.41) is 4.09. The largest absolute Gasteiger partial charge is 0.338 e. The average Bonchev–Trinajstić information content (AvgIpc) is 3.15. The van der Waals surface area contributed by atoms with Gasteiger partial charge in [0.2, 0.25) is 5.89 Å². The van der Waals surface area contributed by atoms with E-state index in [1.807, 2.05) is 47.4 Å². The number of amides is 1. The number of rotatable bonds is 5. The van der Waals surface area contributed by atoms with Crippen molar-refractivity contribution >= 4 is 21.8 Å². The number of piperazine rings is 1. The van der Waals surface area contributed by atoms with Crippen LogP contribution < -0.4 is 0 Å². The van der Waals surface area contributed by atoms with E-state index in [0.717, 1.165) is 23.1 Å². The molecule has 28 heavy (non-hydrogen) atoms. The van der Waals surface area contributed by atoms with E-state index in [1.54, 1.807) is 0 Å². The Hall–Kier alpha value is -2.51. The molecule has 1 aromatic heterocycles. The van der Waals surface area contributed by atoms with Gasteiger partial charge in [-0.1, -0.05) is 57.5 Å². The van der Waals surface area contributed by atoms with Gasteiger partial charge >= 0.3 is 0 Å². The Balaban J connectivity index is 1.29. The maximum atomic E-state index is 12.6. The van der Waals surface area contributed by atoms with E-state index in [1.165, 1.54) is 0 Å². The number of benzene rings is 2. The fraction of sp³-hybridized carbons (Fsp3) is 0.286. The molecule has 1 fully saturated rings. The Morgan fingerprint density at radius 3 is 2.57 bits per heavy atom. The van der Waals surface area contributed by atoms with Crippen molar-refractivity contribution in [1.29, 1.82) is 0 Å². The first-order valence-electron chi connectivity index (χ1n) is 9.30. The molecule has 0 aliphatic carbocycles. The lowest BCUT2D eigenvalue weighted by Crippen LogP contribution is -2.48. The van der Waals surface area contributed by atoms with Gasteiger partial charge < -0.3 is 9.42 Å². The minimum Gasteiger partial charge on any atom is -0.338 e. The zero-order chi connectivity index (χ0) is 19.3. The van der Waals surface area contributed by atoms with Gasteiger partial charge in [-0.15, -0.1) is 0 Å². The molecule has 1 amide bonds. The molecule has 3 aromatic rings. The highest BCUT2D eigenvalue weighted by molar-refractivity contribution is 9.10. The highest BCUT2D eigenvalue weighted by Crippen LogP contribution is 2.15. The van der Waals surface area contributed by atoms with E-state index in [9.17, 15) is 4.79 Å². The summed E-state index contributed by atoms with van der Waals surface area (Å²) in [5.41, 5.74) is 1.87. The minimum atomic E-state index is 0.0730.